The molecule has 9 nitrogen and oxygen atoms in total. The molecule has 4 aromatic rings. The van der Waals surface area contributed by atoms with Crippen LogP contribution in [0.2, 0.25) is 5.02 Å². The number of nitrogens with one attached hydrogen (secondary N) is 2. The Bertz CT molecular complexity index is 1370. The van der Waals surface area contributed by atoms with Crippen molar-refractivity contribution in [3.8, 4) is 11.5 Å². The SMILES string of the molecule is CN(Cc1cccnc1)C(=O)c1cccc(Nc2nccc(Nc3c(Cl)ccc4c3OCO4)n2)c1. The zero-order valence-corrected chi connectivity index (χ0v) is 19.5. The first kappa shape index (κ1) is 22.4. The van der Waals surface area contributed by atoms with Gasteiger partial charge in [-0.05, 0) is 48.0 Å². The van der Waals surface area contributed by atoms with E-state index in [0.717, 1.165) is 5.56 Å². The molecule has 35 heavy (non-hydrogen) atoms. The van der Waals surface area contributed by atoms with E-state index < -0.39 is 0 Å². The molecule has 1 amide bonds. The number of rotatable bonds is 7. The minimum absolute atomic E-state index is 0.108. The standard InChI is InChI=1S/C25H21ClN6O3/c1-32(14-16-4-3-10-27-13-16)24(33)17-5-2-6-18(12-17)29-25-28-11-9-21(31-25)30-22-19(26)7-8-20-23(22)35-15-34-20/h2-13H,14-15H2,1H3,(H2,28,29,30,31). The van der Waals surface area contributed by atoms with E-state index in [1.807, 2.05) is 18.2 Å². The Kier molecular flexibility index (Phi) is 6.32. The highest BCUT2D eigenvalue weighted by molar-refractivity contribution is 6.33. The molecule has 5 rings (SSSR count). The highest BCUT2D eigenvalue weighted by atomic mass is 35.5. The minimum atomic E-state index is -0.108. The summed E-state index contributed by atoms with van der Waals surface area (Å²) in [6, 6.07) is 16.2. The number of ether oxygens (including phenoxy) is 2. The van der Waals surface area contributed by atoms with Gasteiger partial charge in [0.05, 0.1) is 5.02 Å². The van der Waals surface area contributed by atoms with Crippen LogP contribution in [0.15, 0.2) is 73.2 Å². The van der Waals surface area contributed by atoms with Crippen LogP contribution in [0, 0.1) is 0 Å². The largest absolute Gasteiger partial charge is 0.454 e. The molecule has 0 saturated carbocycles. The van der Waals surface area contributed by atoms with Crippen molar-refractivity contribution in [1.29, 1.82) is 0 Å². The predicted octanol–water partition coefficient (Wildman–Crippen LogP) is 5.01. The number of carbonyl (C=O) groups is 1. The number of nitrogens with zero attached hydrogens (tertiary/aromatic N) is 4. The lowest BCUT2D eigenvalue weighted by Crippen LogP contribution is -2.26. The number of halogens is 1. The molecule has 1 aliphatic heterocycles. The highest BCUT2D eigenvalue weighted by Gasteiger charge is 2.21. The van der Waals surface area contributed by atoms with Gasteiger partial charge in [0.25, 0.3) is 5.91 Å². The molecule has 0 saturated heterocycles. The van der Waals surface area contributed by atoms with Gasteiger partial charge in [-0.3, -0.25) is 9.78 Å². The Morgan fingerprint density at radius 2 is 2.00 bits per heavy atom. The van der Waals surface area contributed by atoms with Gasteiger partial charge in [-0.15, -0.1) is 0 Å². The number of pyridine rings is 1. The van der Waals surface area contributed by atoms with Crippen molar-refractivity contribution in [2.24, 2.45) is 0 Å². The second-order valence-electron chi connectivity index (χ2n) is 7.77. The topological polar surface area (TPSA) is 102 Å². The van der Waals surface area contributed by atoms with Gasteiger partial charge in [0.15, 0.2) is 11.5 Å². The molecular formula is C25H21ClN6O3. The van der Waals surface area contributed by atoms with Gasteiger partial charge in [-0.25, -0.2) is 4.98 Å². The fourth-order valence-electron chi connectivity index (χ4n) is 3.60. The number of amides is 1. The fourth-order valence-corrected chi connectivity index (χ4v) is 3.79. The third-order valence-electron chi connectivity index (χ3n) is 5.25. The summed E-state index contributed by atoms with van der Waals surface area (Å²) < 4.78 is 10.9. The van der Waals surface area contributed by atoms with Crippen LogP contribution in [0.4, 0.5) is 23.1 Å². The molecule has 0 aliphatic carbocycles. The van der Waals surface area contributed by atoms with Crippen LogP contribution < -0.4 is 20.1 Å². The molecule has 0 fully saturated rings. The molecule has 0 spiro atoms. The average Bonchev–Trinajstić information content (AvgIpc) is 3.36. The van der Waals surface area contributed by atoms with Gasteiger partial charge in [0, 0.05) is 43.4 Å². The average molecular weight is 489 g/mol. The number of aromatic nitrogens is 3. The second-order valence-corrected chi connectivity index (χ2v) is 8.18. The Morgan fingerprint density at radius 3 is 2.86 bits per heavy atom. The van der Waals surface area contributed by atoms with E-state index in [1.54, 1.807) is 66.9 Å². The number of hydrogen-bond acceptors (Lipinski definition) is 8. The molecule has 3 heterocycles. The van der Waals surface area contributed by atoms with Crippen molar-refractivity contribution in [1.82, 2.24) is 19.9 Å². The summed E-state index contributed by atoms with van der Waals surface area (Å²) in [5.41, 5.74) is 2.74. The molecule has 0 radical (unpaired) electrons. The van der Waals surface area contributed by atoms with E-state index in [-0.39, 0.29) is 12.7 Å². The van der Waals surface area contributed by atoms with Crippen molar-refractivity contribution < 1.29 is 14.3 Å². The first-order valence-corrected chi connectivity index (χ1v) is 11.1. The summed E-state index contributed by atoms with van der Waals surface area (Å²) in [5, 5.41) is 6.80. The molecule has 1 aliphatic rings. The van der Waals surface area contributed by atoms with Gasteiger partial charge in [-0.2, -0.15) is 4.98 Å². The lowest BCUT2D eigenvalue weighted by atomic mass is 10.1. The lowest BCUT2D eigenvalue weighted by molar-refractivity contribution is 0.0785. The highest BCUT2D eigenvalue weighted by Crippen LogP contribution is 2.44. The summed E-state index contributed by atoms with van der Waals surface area (Å²) in [6.07, 6.45) is 5.06. The van der Waals surface area contributed by atoms with Crippen LogP contribution in [0.5, 0.6) is 11.5 Å². The summed E-state index contributed by atoms with van der Waals surface area (Å²) >= 11 is 6.35. The normalized spacial score (nSPS) is 11.7. The van der Waals surface area contributed by atoms with Crippen LogP contribution in [-0.2, 0) is 6.54 Å². The summed E-state index contributed by atoms with van der Waals surface area (Å²) in [7, 11) is 1.76. The van der Waals surface area contributed by atoms with E-state index >= 15 is 0 Å². The Morgan fingerprint density at radius 1 is 1.09 bits per heavy atom. The predicted molar refractivity (Wildman–Crippen MR) is 133 cm³/mol. The van der Waals surface area contributed by atoms with Crippen LogP contribution >= 0.6 is 11.6 Å². The Balaban J connectivity index is 1.30. The molecule has 176 valence electrons. The number of hydrogen-bond donors (Lipinski definition) is 2. The lowest BCUT2D eigenvalue weighted by Gasteiger charge is -2.17. The van der Waals surface area contributed by atoms with Gasteiger partial charge in [0.1, 0.15) is 11.5 Å². The van der Waals surface area contributed by atoms with Crippen molar-refractivity contribution >= 4 is 40.6 Å². The van der Waals surface area contributed by atoms with Crippen molar-refractivity contribution in [3.05, 3.63) is 89.3 Å². The molecule has 2 aromatic heterocycles. The molecular weight excluding hydrogens is 468 g/mol. The number of anilines is 4. The van der Waals surface area contributed by atoms with Crippen molar-refractivity contribution in [3.63, 3.8) is 0 Å². The fraction of sp³-hybridized carbons (Fsp3) is 0.120. The zero-order chi connectivity index (χ0) is 24.2. The number of fused-ring (bicyclic) bond motifs is 1. The van der Waals surface area contributed by atoms with Crippen LogP contribution in [0.3, 0.4) is 0 Å². The maximum atomic E-state index is 12.9. The van der Waals surface area contributed by atoms with E-state index in [0.29, 0.717) is 51.8 Å². The monoisotopic (exact) mass is 488 g/mol. The van der Waals surface area contributed by atoms with E-state index in [1.165, 1.54) is 0 Å². The van der Waals surface area contributed by atoms with Crippen LogP contribution in [0.25, 0.3) is 0 Å². The van der Waals surface area contributed by atoms with E-state index in [4.69, 9.17) is 21.1 Å². The van der Waals surface area contributed by atoms with E-state index in [9.17, 15) is 4.79 Å². The van der Waals surface area contributed by atoms with Crippen LogP contribution in [0.1, 0.15) is 15.9 Å². The van der Waals surface area contributed by atoms with Crippen molar-refractivity contribution in [2.45, 2.75) is 6.54 Å². The number of carbonyl (C=O) groups excluding carboxylic acids is 1. The molecule has 10 heteroatoms. The molecule has 0 unspecified atom stereocenters. The first-order valence-electron chi connectivity index (χ1n) is 10.8. The summed E-state index contributed by atoms with van der Waals surface area (Å²) in [6.45, 7) is 0.592. The zero-order valence-electron chi connectivity index (χ0n) is 18.7. The van der Waals surface area contributed by atoms with Gasteiger partial charge < -0.3 is 25.0 Å². The molecule has 2 N–H and O–H groups in total. The van der Waals surface area contributed by atoms with Crippen LogP contribution in [-0.4, -0.2) is 39.6 Å². The third kappa shape index (κ3) is 5.10. The van der Waals surface area contributed by atoms with Gasteiger partial charge in [0.2, 0.25) is 12.7 Å². The number of benzene rings is 2. The third-order valence-corrected chi connectivity index (χ3v) is 5.57. The second kappa shape index (κ2) is 9.86. The summed E-state index contributed by atoms with van der Waals surface area (Å²) in [4.78, 5) is 27.5. The van der Waals surface area contributed by atoms with Crippen molar-refractivity contribution in [2.75, 3.05) is 24.5 Å². The van der Waals surface area contributed by atoms with Gasteiger partial charge in [-0.1, -0.05) is 23.7 Å². The molecule has 0 atom stereocenters. The van der Waals surface area contributed by atoms with E-state index in [2.05, 4.69) is 25.6 Å². The molecule has 0 bridgehead atoms. The summed E-state index contributed by atoms with van der Waals surface area (Å²) in [5.74, 6) is 1.90. The maximum absolute atomic E-state index is 12.9. The first-order chi connectivity index (χ1) is 17.1. The molecule has 2 aromatic carbocycles. The Hall–Kier alpha value is -4.37. The minimum Gasteiger partial charge on any atom is -0.454 e. The maximum Gasteiger partial charge on any atom is 0.253 e. The quantitative estimate of drug-likeness (QED) is 0.374. The Labute approximate surface area is 206 Å². The van der Waals surface area contributed by atoms with Gasteiger partial charge >= 0.3 is 0 Å². The smallest absolute Gasteiger partial charge is 0.253 e.